The molecular weight excluding hydrogens is 160 g/mol. The Hall–Kier alpha value is -1.10. The van der Waals surface area contributed by atoms with Gasteiger partial charge in [0.05, 0.1) is 0 Å². The Kier molecular flexibility index (Phi) is 1.54. The lowest BCUT2D eigenvalue weighted by Gasteiger charge is -2.16. The van der Waals surface area contributed by atoms with Crippen LogP contribution in [0.5, 0.6) is 0 Å². The molecule has 5 nitrogen and oxygen atoms in total. The molecular formula is C7H10N2O3. The van der Waals surface area contributed by atoms with Gasteiger partial charge >= 0.3 is 5.76 Å². The highest BCUT2D eigenvalue weighted by Gasteiger charge is 2.36. The summed E-state index contributed by atoms with van der Waals surface area (Å²) in [5, 5.41) is 5.96. The topological polar surface area (TPSA) is 68.1 Å². The van der Waals surface area contributed by atoms with Gasteiger partial charge in [0.2, 0.25) is 5.89 Å². The van der Waals surface area contributed by atoms with E-state index in [0.29, 0.717) is 12.5 Å². The van der Waals surface area contributed by atoms with Crippen molar-refractivity contribution in [3.63, 3.8) is 0 Å². The van der Waals surface area contributed by atoms with Crippen LogP contribution in [0.2, 0.25) is 0 Å². The molecule has 66 valence electrons. The molecule has 1 fully saturated rings. The van der Waals surface area contributed by atoms with E-state index in [1.54, 1.807) is 0 Å². The van der Waals surface area contributed by atoms with E-state index in [-0.39, 0.29) is 0 Å². The molecule has 2 heterocycles. The molecule has 5 heteroatoms. The van der Waals surface area contributed by atoms with Crippen LogP contribution in [0.15, 0.2) is 9.21 Å². The lowest BCUT2D eigenvalue weighted by Crippen LogP contribution is -2.20. The van der Waals surface area contributed by atoms with Crippen molar-refractivity contribution in [3.8, 4) is 0 Å². The van der Waals surface area contributed by atoms with Crippen LogP contribution >= 0.6 is 0 Å². The van der Waals surface area contributed by atoms with Crippen LogP contribution in [-0.4, -0.2) is 16.8 Å². The monoisotopic (exact) mass is 170 g/mol. The molecule has 0 radical (unpaired) electrons. The summed E-state index contributed by atoms with van der Waals surface area (Å²) in [6.07, 6.45) is 1.83. The Morgan fingerprint density at radius 2 is 2.50 bits per heavy atom. The number of nitrogens with zero attached hydrogens (tertiary/aromatic N) is 1. The van der Waals surface area contributed by atoms with Gasteiger partial charge in [-0.05, 0) is 19.8 Å². The molecule has 1 unspecified atom stereocenters. The number of ether oxygens (including phenoxy) is 1. The van der Waals surface area contributed by atoms with Crippen molar-refractivity contribution < 1.29 is 9.15 Å². The van der Waals surface area contributed by atoms with Crippen molar-refractivity contribution >= 4 is 0 Å². The van der Waals surface area contributed by atoms with Crippen molar-refractivity contribution in [1.82, 2.24) is 10.2 Å². The van der Waals surface area contributed by atoms with Gasteiger partial charge in [-0.25, -0.2) is 9.89 Å². The first-order chi connectivity index (χ1) is 5.71. The number of rotatable bonds is 1. The predicted molar refractivity (Wildman–Crippen MR) is 39.7 cm³/mol. The van der Waals surface area contributed by atoms with E-state index in [1.165, 1.54) is 0 Å². The largest absolute Gasteiger partial charge is 0.434 e. The summed E-state index contributed by atoms with van der Waals surface area (Å²) in [6, 6.07) is 0. The van der Waals surface area contributed by atoms with Gasteiger partial charge in [0.1, 0.15) is 5.60 Å². The third-order valence-electron chi connectivity index (χ3n) is 2.11. The normalized spacial score (nSPS) is 29.4. The molecule has 0 spiro atoms. The summed E-state index contributed by atoms with van der Waals surface area (Å²) in [5.74, 6) is -0.174. The second-order valence-corrected chi connectivity index (χ2v) is 3.10. The summed E-state index contributed by atoms with van der Waals surface area (Å²) in [7, 11) is 0. The minimum Gasteiger partial charge on any atom is -0.389 e. The first-order valence-corrected chi connectivity index (χ1v) is 3.91. The molecule has 1 aliphatic heterocycles. The average molecular weight is 170 g/mol. The molecule has 1 atom stereocenters. The second-order valence-electron chi connectivity index (χ2n) is 3.10. The molecule has 1 saturated heterocycles. The number of aromatic amines is 1. The highest BCUT2D eigenvalue weighted by molar-refractivity contribution is 4.95. The molecule has 0 aliphatic carbocycles. The van der Waals surface area contributed by atoms with Crippen LogP contribution in [0.4, 0.5) is 0 Å². The van der Waals surface area contributed by atoms with Crippen LogP contribution < -0.4 is 5.76 Å². The fraction of sp³-hybridized carbons (Fsp3) is 0.714. The van der Waals surface area contributed by atoms with E-state index in [2.05, 4.69) is 10.2 Å². The van der Waals surface area contributed by atoms with Crippen molar-refractivity contribution in [2.45, 2.75) is 25.4 Å². The zero-order chi connectivity index (χ0) is 8.60. The predicted octanol–water partition coefficient (Wildman–Crippen LogP) is 0.389. The van der Waals surface area contributed by atoms with Crippen LogP contribution in [0.25, 0.3) is 0 Å². The summed E-state index contributed by atoms with van der Waals surface area (Å²) >= 11 is 0. The van der Waals surface area contributed by atoms with Crippen LogP contribution in [0.1, 0.15) is 25.7 Å². The van der Waals surface area contributed by atoms with E-state index in [0.717, 1.165) is 12.8 Å². The fourth-order valence-corrected chi connectivity index (χ4v) is 1.40. The van der Waals surface area contributed by atoms with E-state index in [9.17, 15) is 4.79 Å². The van der Waals surface area contributed by atoms with Crippen molar-refractivity contribution in [3.05, 3.63) is 16.4 Å². The third kappa shape index (κ3) is 1.06. The van der Waals surface area contributed by atoms with Gasteiger partial charge in [0, 0.05) is 6.61 Å². The maximum atomic E-state index is 10.6. The average Bonchev–Trinajstić information content (AvgIpc) is 2.59. The molecule has 0 aromatic carbocycles. The highest BCUT2D eigenvalue weighted by Crippen LogP contribution is 2.33. The van der Waals surface area contributed by atoms with Crippen LogP contribution in [-0.2, 0) is 10.3 Å². The van der Waals surface area contributed by atoms with Gasteiger partial charge in [-0.3, -0.25) is 0 Å². The van der Waals surface area contributed by atoms with E-state index in [4.69, 9.17) is 9.15 Å². The van der Waals surface area contributed by atoms with Crippen LogP contribution in [0.3, 0.4) is 0 Å². The third-order valence-corrected chi connectivity index (χ3v) is 2.11. The maximum Gasteiger partial charge on any atom is 0.434 e. The number of nitrogens with one attached hydrogen (secondary N) is 1. The Labute approximate surface area is 68.7 Å². The molecule has 1 aromatic rings. The van der Waals surface area contributed by atoms with Crippen molar-refractivity contribution in [1.29, 1.82) is 0 Å². The van der Waals surface area contributed by atoms with Gasteiger partial charge < -0.3 is 9.15 Å². The van der Waals surface area contributed by atoms with Crippen molar-refractivity contribution in [2.24, 2.45) is 0 Å². The lowest BCUT2D eigenvalue weighted by molar-refractivity contribution is -0.00622. The Balaban J connectivity index is 2.34. The fourth-order valence-electron chi connectivity index (χ4n) is 1.40. The Morgan fingerprint density at radius 3 is 3.00 bits per heavy atom. The minimum absolute atomic E-state index is 0.352. The maximum absolute atomic E-state index is 10.6. The number of H-pyrrole nitrogens is 1. The molecule has 1 aromatic heterocycles. The van der Waals surface area contributed by atoms with Gasteiger partial charge in [0.25, 0.3) is 0 Å². The lowest BCUT2D eigenvalue weighted by atomic mass is 10.0. The molecule has 2 rings (SSSR count). The van der Waals surface area contributed by atoms with Crippen LogP contribution in [0, 0.1) is 0 Å². The van der Waals surface area contributed by atoms with Gasteiger partial charge in [-0.1, -0.05) is 0 Å². The summed E-state index contributed by atoms with van der Waals surface area (Å²) < 4.78 is 10.2. The minimum atomic E-state index is -0.526. The standard InChI is InChI=1S/C7H10N2O3/c1-7(3-2-4-11-7)5-8-9-6(10)12-5/h2-4H2,1H3,(H,9,10). The number of aromatic nitrogens is 2. The molecule has 0 bridgehead atoms. The number of hydrogen-bond donors (Lipinski definition) is 1. The van der Waals surface area contributed by atoms with E-state index in [1.807, 2.05) is 6.92 Å². The first kappa shape index (κ1) is 7.54. The second kappa shape index (κ2) is 2.45. The zero-order valence-corrected chi connectivity index (χ0v) is 6.79. The van der Waals surface area contributed by atoms with Gasteiger partial charge in [-0.15, -0.1) is 5.10 Å². The first-order valence-electron chi connectivity index (χ1n) is 3.91. The molecule has 0 amide bonds. The molecule has 12 heavy (non-hydrogen) atoms. The number of hydrogen-bond acceptors (Lipinski definition) is 4. The summed E-state index contributed by atoms with van der Waals surface area (Å²) in [4.78, 5) is 10.6. The van der Waals surface area contributed by atoms with Crippen molar-refractivity contribution in [2.75, 3.05) is 6.61 Å². The van der Waals surface area contributed by atoms with E-state index < -0.39 is 11.4 Å². The highest BCUT2D eigenvalue weighted by atomic mass is 16.5. The zero-order valence-electron chi connectivity index (χ0n) is 6.79. The van der Waals surface area contributed by atoms with Gasteiger partial charge in [0.15, 0.2) is 0 Å². The summed E-state index contributed by atoms with van der Waals surface area (Å²) in [5.41, 5.74) is -0.501. The molecule has 1 aliphatic rings. The smallest absolute Gasteiger partial charge is 0.389 e. The molecule has 1 N–H and O–H groups in total. The molecule has 0 saturated carbocycles. The van der Waals surface area contributed by atoms with E-state index >= 15 is 0 Å². The Morgan fingerprint density at radius 1 is 1.67 bits per heavy atom. The quantitative estimate of drug-likeness (QED) is 0.661. The summed E-state index contributed by atoms with van der Waals surface area (Å²) in [6.45, 7) is 2.58. The van der Waals surface area contributed by atoms with Gasteiger partial charge in [-0.2, -0.15) is 0 Å². The SMILES string of the molecule is CC1(c2n[nH]c(=O)o2)CCCO1. The Bertz CT molecular complexity index is 321.